The summed E-state index contributed by atoms with van der Waals surface area (Å²) in [7, 11) is 0. The molecule has 2 rings (SSSR count). The Balaban J connectivity index is 2.35. The number of carbonyl (C=O) groups excluding carboxylic acids is 2. The van der Waals surface area contributed by atoms with Gasteiger partial charge in [0.15, 0.2) is 0 Å². The molecule has 150 valence electrons. The Morgan fingerprint density at radius 2 is 1.64 bits per heavy atom. The van der Waals surface area contributed by atoms with Crippen LogP contribution in [-0.2, 0) is 22.6 Å². The average Bonchev–Trinajstić information content (AvgIpc) is 2.66. The highest BCUT2D eigenvalue weighted by Crippen LogP contribution is 2.18. The van der Waals surface area contributed by atoms with E-state index >= 15 is 0 Å². The van der Waals surface area contributed by atoms with Crippen molar-refractivity contribution in [2.24, 2.45) is 0 Å². The van der Waals surface area contributed by atoms with Gasteiger partial charge >= 0.3 is 0 Å². The van der Waals surface area contributed by atoms with Crippen LogP contribution in [0, 0.1) is 0 Å². The summed E-state index contributed by atoms with van der Waals surface area (Å²) in [5, 5.41) is 3.00. The second-order valence-electron chi connectivity index (χ2n) is 7.27. The van der Waals surface area contributed by atoms with Crippen molar-refractivity contribution in [2.75, 3.05) is 0 Å². The van der Waals surface area contributed by atoms with Crippen molar-refractivity contribution in [2.45, 2.75) is 58.7 Å². The zero-order valence-electron chi connectivity index (χ0n) is 16.8. The monoisotopic (exact) mass is 444 g/mol. The quantitative estimate of drug-likeness (QED) is 0.608. The van der Waals surface area contributed by atoms with Crippen LogP contribution in [0.15, 0.2) is 59.1 Å². The van der Waals surface area contributed by atoms with Crippen LogP contribution in [0.2, 0.25) is 0 Å². The van der Waals surface area contributed by atoms with Gasteiger partial charge in [0.25, 0.3) is 0 Å². The minimum atomic E-state index is -0.549. The molecule has 0 unspecified atom stereocenters. The van der Waals surface area contributed by atoms with Gasteiger partial charge in [0.1, 0.15) is 6.04 Å². The highest BCUT2D eigenvalue weighted by atomic mass is 79.9. The summed E-state index contributed by atoms with van der Waals surface area (Å²) >= 11 is 3.44. The Bertz CT molecular complexity index is 760. The van der Waals surface area contributed by atoms with E-state index in [2.05, 4.69) is 21.2 Å². The van der Waals surface area contributed by atoms with Crippen molar-refractivity contribution in [3.8, 4) is 0 Å². The lowest BCUT2D eigenvalue weighted by Crippen LogP contribution is -2.51. The number of halogens is 1. The van der Waals surface area contributed by atoms with Gasteiger partial charge in [0, 0.05) is 29.9 Å². The van der Waals surface area contributed by atoms with Gasteiger partial charge in [-0.1, -0.05) is 65.3 Å². The molecule has 0 aliphatic rings. The number of amides is 2. The fourth-order valence-electron chi connectivity index (χ4n) is 3.08. The predicted octanol–water partition coefficient (Wildman–Crippen LogP) is 4.71. The van der Waals surface area contributed by atoms with Gasteiger partial charge in [-0.05, 0) is 43.5 Å². The van der Waals surface area contributed by atoms with Crippen LogP contribution in [0.25, 0.3) is 0 Å². The smallest absolute Gasteiger partial charge is 0.243 e. The fourth-order valence-corrected chi connectivity index (χ4v) is 3.34. The van der Waals surface area contributed by atoms with Crippen LogP contribution in [0.1, 0.15) is 44.7 Å². The first-order valence-electron chi connectivity index (χ1n) is 9.79. The first-order chi connectivity index (χ1) is 13.4. The molecule has 4 nitrogen and oxygen atoms in total. The van der Waals surface area contributed by atoms with E-state index in [1.165, 1.54) is 0 Å². The van der Waals surface area contributed by atoms with E-state index in [1.54, 1.807) is 4.90 Å². The second-order valence-corrected chi connectivity index (χ2v) is 8.18. The standard InChI is InChI=1S/C23H29BrN2O2/c1-4-8-22(27)26(16-19-11-13-20(24)14-12-19)21(23(28)25-17(2)3)15-18-9-6-5-7-10-18/h5-7,9-14,17,21H,4,8,15-16H2,1-3H3,(H,25,28)/t21-/m1/s1. The summed E-state index contributed by atoms with van der Waals surface area (Å²) in [6, 6.07) is 17.2. The topological polar surface area (TPSA) is 49.4 Å². The van der Waals surface area contributed by atoms with Gasteiger partial charge in [-0.2, -0.15) is 0 Å². The van der Waals surface area contributed by atoms with Crippen molar-refractivity contribution in [3.05, 3.63) is 70.2 Å². The largest absolute Gasteiger partial charge is 0.352 e. The van der Waals surface area contributed by atoms with Gasteiger partial charge in [-0.3, -0.25) is 9.59 Å². The van der Waals surface area contributed by atoms with Crippen LogP contribution in [0.4, 0.5) is 0 Å². The maximum atomic E-state index is 13.0. The third kappa shape index (κ3) is 6.79. The molecular formula is C23H29BrN2O2. The number of hydrogen-bond donors (Lipinski definition) is 1. The van der Waals surface area contributed by atoms with Crippen molar-refractivity contribution >= 4 is 27.7 Å². The van der Waals surface area contributed by atoms with E-state index in [1.807, 2.05) is 75.4 Å². The first kappa shape index (κ1) is 22.2. The van der Waals surface area contributed by atoms with E-state index in [-0.39, 0.29) is 17.9 Å². The van der Waals surface area contributed by atoms with Crippen LogP contribution < -0.4 is 5.32 Å². The lowest BCUT2D eigenvalue weighted by molar-refractivity contribution is -0.141. The Morgan fingerprint density at radius 1 is 1.00 bits per heavy atom. The zero-order valence-corrected chi connectivity index (χ0v) is 18.4. The molecule has 0 bridgehead atoms. The highest BCUT2D eigenvalue weighted by Gasteiger charge is 2.30. The van der Waals surface area contributed by atoms with E-state index in [4.69, 9.17) is 0 Å². The number of rotatable bonds is 9. The number of nitrogens with one attached hydrogen (secondary N) is 1. The van der Waals surface area contributed by atoms with Gasteiger partial charge in [-0.25, -0.2) is 0 Å². The zero-order chi connectivity index (χ0) is 20.5. The third-order valence-electron chi connectivity index (χ3n) is 4.43. The molecule has 0 radical (unpaired) electrons. The molecule has 1 atom stereocenters. The lowest BCUT2D eigenvalue weighted by atomic mass is 10.0. The lowest BCUT2D eigenvalue weighted by Gasteiger charge is -2.32. The van der Waals surface area contributed by atoms with E-state index in [0.717, 1.165) is 22.0 Å². The normalized spacial score (nSPS) is 11.9. The Labute approximate surface area is 176 Å². The molecule has 0 aliphatic heterocycles. The maximum absolute atomic E-state index is 13.0. The van der Waals surface area contributed by atoms with E-state index in [9.17, 15) is 9.59 Å². The summed E-state index contributed by atoms with van der Waals surface area (Å²) in [5.41, 5.74) is 2.04. The van der Waals surface area contributed by atoms with Crippen molar-refractivity contribution in [1.82, 2.24) is 10.2 Å². The second kappa shape index (κ2) is 11.0. The third-order valence-corrected chi connectivity index (χ3v) is 4.96. The molecule has 2 aromatic carbocycles. The molecule has 0 aromatic heterocycles. The molecule has 2 aromatic rings. The van der Waals surface area contributed by atoms with Crippen molar-refractivity contribution < 1.29 is 9.59 Å². The molecule has 1 N–H and O–H groups in total. The summed E-state index contributed by atoms with van der Waals surface area (Å²) in [4.78, 5) is 27.7. The van der Waals surface area contributed by atoms with E-state index in [0.29, 0.717) is 19.4 Å². The van der Waals surface area contributed by atoms with Crippen molar-refractivity contribution in [1.29, 1.82) is 0 Å². The molecule has 0 fully saturated rings. The molecule has 0 saturated heterocycles. The Kier molecular flexibility index (Phi) is 8.71. The summed E-state index contributed by atoms with van der Waals surface area (Å²) in [6.07, 6.45) is 1.67. The van der Waals surface area contributed by atoms with Crippen LogP contribution in [-0.4, -0.2) is 28.8 Å². The number of carbonyl (C=O) groups is 2. The molecule has 0 spiro atoms. The van der Waals surface area contributed by atoms with Crippen molar-refractivity contribution in [3.63, 3.8) is 0 Å². The molecule has 0 aliphatic carbocycles. The summed E-state index contributed by atoms with van der Waals surface area (Å²) in [5.74, 6) is -0.106. The van der Waals surface area contributed by atoms with Crippen LogP contribution in [0.5, 0.6) is 0 Å². The first-order valence-corrected chi connectivity index (χ1v) is 10.6. The molecule has 5 heteroatoms. The maximum Gasteiger partial charge on any atom is 0.243 e. The van der Waals surface area contributed by atoms with Gasteiger partial charge in [0.05, 0.1) is 0 Å². The van der Waals surface area contributed by atoms with Gasteiger partial charge < -0.3 is 10.2 Å². The Hall–Kier alpha value is -2.14. The molecule has 0 saturated carbocycles. The highest BCUT2D eigenvalue weighted by molar-refractivity contribution is 9.10. The Morgan fingerprint density at radius 3 is 2.21 bits per heavy atom. The van der Waals surface area contributed by atoms with Gasteiger partial charge in [-0.15, -0.1) is 0 Å². The number of nitrogens with zero attached hydrogens (tertiary/aromatic N) is 1. The number of benzene rings is 2. The van der Waals surface area contributed by atoms with Gasteiger partial charge in [0.2, 0.25) is 11.8 Å². The van der Waals surface area contributed by atoms with Crippen LogP contribution >= 0.6 is 15.9 Å². The predicted molar refractivity (Wildman–Crippen MR) is 117 cm³/mol. The molecule has 28 heavy (non-hydrogen) atoms. The van der Waals surface area contributed by atoms with Crippen LogP contribution in [0.3, 0.4) is 0 Å². The van der Waals surface area contributed by atoms with E-state index < -0.39 is 6.04 Å². The minimum absolute atomic E-state index is 0.00487. The summed E-state index contributed by atoms with van der Waals surface area (Å²) in [6.45, 7) is 6.26. The SMILES string of the molecule is CCCC(=O)N(Cc1ccc(Br)cc1)[C@H](Cc1ccccc1)C(=O)NC(C)C. The molecule has 0 heterocycles. The average molecular weight is 445 g/mol. The summed E-state index contributed by atoms with van der Waals surface area (Å²) < 4.78 is 0.987. The number of hydrogen-bond acceptors (Lipinski definition) is 2. The molecule has 2 amide bonds. The fraction of sp³-hybridized carbons (Fsp3) is 0.391. The minimum Gasteiger partial charge on any atom is -0.352 e. The molecular weight excluding hydrogens is 416 g/mol.